The van der Waals surface area contributed by atoms with Crippen LogP contribution in [-0.4, -0.2) is 86.3 Å². The third-order valence-corrected chi connectivity index (χ3v) is 12.8. The van der Waals surface area contributed by atoms with Crippen molar-refractivity contribution in [2.75, 3.05) is 39.4 Å². The second-order valence-corrected chi connectivity index (χ2v) is 14.7. The number of rotatable bonds is 4. The zero-order valence-corrected chi connectivity index (χ0v) is 24.3. The molecule has 2 aromatic carbocycles. The number of fused-ring (bicyclic) bond motifs is 3. The zero-order chi connectivity index (χ0) is 28.4. The van der Waals surface area contributed by atoms with Crippen LogP contribution in [0.25, 0.3) is 0 Å². The van der Waals surface area contributed by atoms with Crippen molar-refractivity contribution in [3.05, 3.63) is 64.7 Å². The predicted molar refractivity (Wildman–Crippen MR) is 152 cm³/mol. The Balaban J connectivity index is 1.19. The summed E-state index contributed by atoms with van der Waals surface area (Å²) in [6.07, 6.45) is 5.53. The predicted octanol–water partition coefficient (Wildman–Crippen LogP) is 5.03. The number of hydrogen-bond acceptors (Lipinski definition) is 5. The number of morpholine rings is 1. The Labute approximate surface area is 244 Å². The standard InChI is InChI=1S/C30H34ClF2N3O4S/c31-21-4-6-25(7-5-21)41(38)28-17-30(28,27-19-39-18-26(36(27)41)20-14-22(32)16-23(33)15-20)40-29(37)35-12-8-24(9-13-35)34-10-2-1-3-11-34/h4-7,14-16,24,26-27H,1-3,8-13,17-19H2/t26-,27+,30?,41?/m0/s1. The van der Waals surface area contributed by atoms with E-state index in [9.17, 15) is 13.6 Å². The second-order valence-electron chi connectivity index (χ2n) is 11.8. The van der Waals surface area contributed by atoms with Gasteiger partial charge >= 0.3 is 6.09 Å². The van der Waals surface area contributed by atoms with Crippen LogP contribution in [0.2, 0.25) is 5.02 Å². The van der Waals surface area contributed by atoms with E-state index in [0.717, 1.165) is 32.0 Å². The topological polar surface area (TPSA) is 62.3 Å². The van der Waals surface area contributed by atoms with Gasteiger partial charge in [0, 0.05) is 41.5 Å². The molecule has 4 aliphatic heterocycles. The SMILES string of the molecule is O=C(OC12CC1=S(=O)(c1ccc(Cl)cc1)N1[C@H](c3cc(F)cc(F)c3)COC[C@@H]12)N1CCC(N2CCCCC2)CC1. The summed E-state index contributed by atoms with van der Waals surface area (Å²) >= 11 is 6.15. The van der Waals surface area contributed by atoms with Crippen LogP contribution in [0.1, 0.15) is 50.1 Å². The molecule has 2 unspecified atom stereocenters. The number of carbonyl (C=O) groups is 1. The van der Waals surface area contributed by atoms with E-state index in [1.807, 2.05) is 0 Å². The van der Waals surface area contributed by atoms with Gasteiger partial charge in [-0.1, -0.05) is 18.0 Å². The Hall–Kier alpha value is -2.24. The van der Waals surface area contributed by atoms with Crippen LogP contribution in [-0.2, 0) is 19.2 Å². The molecule has 0 bridgehead atoms. The molecular weight excluding hydrogens is 572 g/mol. The second kappa shape index (κ2) is 10.5. The third-order valence-electron chi connectivity index (χ3n) is 9.41. The van der Waals surface area contributed by atoms with Gasteiger partial charge in [-0.15, -0.1) is 0 Å². The van der Waals surface area contributed by atoms with Crippen molar-refractivity contribution in [3.8, 4) is 0 Å². The number of halogens is 3. The zero-order valence-electron chi connectivity index (χ0n) is 22.8. The van der Waals surface area contributed by atoms with Crippen molar-refractivity contribution in [1.29, 1.82) is 0 Å². The number of ether oxygens (including phenoxy) is 2. The summed E-state index contributed by atoms with van der Waals surface area (Å²) in [5, 5.41) is 0.503. The minimum absolute atomic E-state index is 0.102. The van der Waals surface area contributed by atoms with Gasteiger partial charge in [0.2, 0.25) is 0 Å². The van der Waals surface area contributed by atoms with Gasteiger partial charge in [0.15, 0.2) is 5.60 Å². The van der Waals surface area contributed by atoms with Gasteiger partial charge in [0.05, 0.1) is 39.9 Å². The van der Waals surface area contributed by atoms with Crippen molar-refractivity contribution in [3.63, 3.8) is 0 Å². The summed E-state index contributed by atoms with van der Waals surface area (Å²) in [4.78, 5) is 19.1. The van der Waals surface area contributed by atoms with Crippen LogP contribution < -0.4 is 0 Å². The van der Waals surface area contributed by atoms with E-state index in [4.69, 9.17) is 21.1 Å². The molecule has 7 nitrogen and oxygen atoms in total. The maximum atomic E-state index is 15.2. The maximum Gasteiger partial charge on any atom is 0.410 e. The normalized spacial score (nSPS) is 32.5. The molecule has 3 saturated heterocycles. The summed E-state index contributed by atoms with van der Waals surface area (Å²) in [6.45, 7) is 3.78. The molecule has 0 aromatic heterocycles. The Kier molecular flexibility index (Phi) is 7.05. The van der Waals surface area contributed by atoms with E-state index in [2.05, 4.69) is 4.90 Å². The van der Waals surface area contributed by atoms with Crippen molar-refractivity contribution in [2.24, 2.45) is 0 Å². The van der Waals surface area contributed by atoms with Gasteiger partial charge in [0.25, 0.3) is 0 Å². The highest BCUT2D eigenvalue weighted by molar-refractivity contribution is 8.01. The van der Waals surface area contributed by atoms with Crippen LogP contribution in [0.15, 0.2) is 47.4 Å². The minimum Gasteiger partial charge on any atom is -0.435 e. The largest absolute Gasteiger partial charge is 0.435 e. The number of carbonyl (C=O) groups excluding carboxylic acids is 1. The van der Waals surface area contributed by atoms with E-state index >= 15 is 4.21 Å². The number of likely N-dealkylation sites (tertiary alicyclic amines) is 2. The first-order valence-electron chi connectivity index (χ1n) is 14.5. The van der Waals surface area contributed by atoms with Crippen LogP contribution in [0.4, 0.5) is 13.6 Å². The Morgan fingerprint density at radius 2 is 1.66 bits per heavy atom. The summed E-state index contributed by atoms with van der Waals surface area (Å²) in [5.41, 5.74) is -0.751. The third kappa shape index (κ3) is 4.66. The average molecular weight is 606 g/mol. The molecule has 1 amide bonds. The lowest BCUT2D eigenvalue weighted by Gasteiger charge is -2.43. The first-order chi connectivity index (χ1) is 19.8. The van der Waals surface area contributed by atoms with Gasteiger partial charge in [-0.25, -0.2) is 22.1 Å². The highest BCUT2D eigenvalue weighted by atomic mass is 35.5. The summed E-state index contributed by atoms with van der Waals surface area (Å²) in [5.74, 6) is -1.43. The fraction of sp³-hybridized carbons (Fsp3) is 0.533. The molecule has 11 heteroatoms. The molecule has 4 atom stereocenters. The van der Waals surface area contributed by atoms with E-state index < -0.39 is 45.1 Å². The number of benzene rings is 2. The smallest absolute Gasteiger partial charge is 0.410 e. The quantitative estimate of drug-likeness (QED) is 0.458. The Morgan fingerprint density at radius 3 is 2.34 bits per heavy atom. The summed E-state index contributed by atoms with van der Waals surface area (Å²) in [7, 11) is -3.07. The molecule has 0 spiro atoms. The molecule has 41 heavy (non-hydrogen) atoms. The Morgan fingerprint density at radius 1 is 0.976 bits per heavy atom. The number of amides is 1. The fourth-order valence-corrected chi connectivity index (χ4v) is 10.9. The summed E-state index contributed by atoms with van der Waals surface area (Å²) in [6, 6.07) is 9.35. The molecule has 1 saturated carbocycles. The first kappa shape index (κ1) is 27.6. The average Bonchev–Trinajstić information content (AvgIpc) is 3.67. The molecule has 0 N–H and O–H groups in total. The lowest BCUT2D eigenvalue weighted by Crippen LogP contribution is -2.55. The van der Waals surface area contributed by atoms with Crippen molar-refractivity contribution >= 4 is 32.3 Å². The van der Waals surface area contributed by atoms with Crippen LogP contribution in [0.3, 0.4) is 0 Å². The highest BCUT2D eigenvalue weighted by Gasteiger charge is 2.72. The number of piperidine rings is 2. The first-order valence-corrected chi connectivity index (χ1v) is 16.4. The van der Waals surface area contributed by atoms with Crippen LogP contribution >= 0.6 is 11.6 Å². The molecule has 2 aromatic rings. The highest BCUT2D eigenvalue weighted by Crippen LogP contribution is 2.56. The molecule has 4 heterocycles. The Bertz CT molecular complexity index is 1450. The minimum atomic E-state index is -3.07. The van der Waals surface area contributed by atoms with E-state index in [1.165, 1.54) is 31.4 Å². The molecule has 220 valence electrons. The van der Waals surface area contributed by atoms with Gasteiger partial charge in [-0.3, -0.25) is 0 Å². The monoisotopic (exact) mass is 605 g/mol. The lowest BCUT2D eigenvalue weighted by molar-refractivity contribution is -0.0604. The van der Waals surface area contributed by atoms with Gasteiger partial charge < -0.3 is 19.3 Å². The van der Waals surface area contributed by atoms with Gasteiger partial charge in [-0.2, -0.15) is 0 Å². The van der Waals surface area contributed by atoms with Crippen LogP contribution in [0, 0.1) is 11.6 Å². The fourth-order valence-electron chi connectivity index (χ4n) is 7.28. The molecule has 1 aliphatic carbocycles. The van der Waals surface area contributed by atoms with Gasteiger partial charge in [-0.05, 0) is 80.7 Å². The molecule has 7 rings (SSSR count). The molecule has 0 radical (unpaired) electrons. The van der Waals surface area contributed by atoms with Crippen molar-refractivity contribution < 1.29 is 27.3 Å². The van der Waals surface area contributed by atoms with E-state index in [-0.39, 0.29) is 13.2 Å². The van der Waals surface area contributed by atoms with Crippen LogP contribution in [0.5, 0.6) is 0 Å². The van der Waals surface area contributed by atoms with Crippen molar-refractivity contribution in [2.45, 2.75) is 67.1 Å². The van der Waals surface area contributed by atoms with Gasteiger partial charge in [0.1, 0.15) is 11.6 Å². The lowest BCUT2D eigenvalue weighted by atomic mass is 10.00. The number of nitrogens with zero attached hydrogens (tertiary/aromatic N) is 3. The number of hydrogen-bond donors (Lipinski definition) is 0. The maximum absolute atomic E-state index is 15.2. The van der Waals surface area contributed by atoms with E-state index in [1.54, 1.807) is 33.5 Å². The molecule has 4 fully saturated rings. The van der Waals surface area contributed by atoms with Crippen molar-refractivity contribution in [1.82, 2.24) is 14.1 Å². The summed E-state index contributed by atoms with van der Waals surface area (Å²) < 4.78 is 57.8. The molecular formula is C30H34ClF2N3O4S. The van der Waals surface area contributed by atoms with E-state index in [0.29, 0.717) is 45.9 Å². The molecule has 5 aliphatic rings.